The van der Waals surface area contributed by atoms with Crippen LogP contribution in [0, 0.1) is 5.92 Å². The van der Waals surface area contributed by atoms with Gasteiger partial charge in [0.15, 0.2) is 0 Å². The molecule has 1 aliphatic heterocycles. The number of carbonyl (C=O) groups is 1. The number of piperidine rings is 1. The van der Waals surface area contributed by atoms with Crippen LogP contribution in [0.1, 0.15) is 50.5 Å². The first kappa shape index (κ1) is 16.6. The predicted octanol–water partition coefficient (Wildman–Crippen LogP) is 3.86. The molecule has 2 saturated carbocycles. The fourth-order valence-electron chi connectivity index (χ4n) is 4.17. The number of nitrogens with zero attached hydrogens (tertiary/aromatic N) is 1. The van der Waals surface area contributed by atoms with Crippen molar-refractivity contribution in [1.82, 2.24) is 10.2 Å². The van der Waals surface area contributed by atoms with Gasteiger partial charge >= 0.3 is 0 Å². The normalized spacial score (nSPS) is 23.8. The third-order valence-corrected chi connectivity index (χ3v) is 6.72. The molecule has 4 rings (SSSR count). The topological polar surface area (TPSA) is 32.3 Å². The highest BCUT2D eigenvalue weighted by Crippen LogP contribution is 2.45. The molecule has 1 aromatic carbocycles. The molecule has 2 aliphatic carbocycles. The lowest BCUT2D eigenvalue weighted by Gasteiger charge is -2.45. The molecule has 1 amide bonds. The van der Waals surface area contributed by atoms with Gasteiger partial charge in [-0.3, -0.25) is 4.79 Å². The van der Waals surface area contributed by atoms with Crippen molar-refractivity contribution >= 4 is 21.8 Å². The van der Waals surface area contributed by atoms with Crippen LogP contribution in [0.15, 0.2) is 28.7 Å². The number of amides is 1. The Morgan fingerprint density at radius 3 is 2.33 bits per heavy atom. The molecule has 3 nitrogen and oxygen atoms in total. The number of hydrogen-bond donors (Lipinski definition) is 1. The molecule has 1 aromatic rings. The van der Waals surface area contributed by atoms with Crippen molar-refractivity contribution in [3.05, 3.63) is 34.3 Å². The molecule has 4 heteroatoms. The zero-order valence-corrected chi connectivity index (χ0v) is 15.9. The number of halogens is 1. The Labute approximate surface area is 153 Å². The second-order valence-electron chi connectivity index (χ2n) is 7.86. The lowest BCUT2D eigenvalue weighted by molar-refractivity contribution is -0.142. The van der Waals surface area contributed by atoms with Gasteiger partial charge in [-0.05, 0) is 68.7 Å². The van der Waals surface area contributed by atoms with Gasteiger partial charge in [0.05, 0.1) is 5.41 Å². The number of benzene rings is 1. The molecule has 1 heterocycles. The number of hydrogen-bond acceptors (Lipinski definition) is 2. The molecule has 3 aliphatic rings. The molecule has 0 radical (unpaired) electrons. The van der Waals surface area contributed by atoms with E-state index in [1.807, 2.05) is 0 Å². The fraction of sp³-hybridized carbons (Fsp3) is 0.650. The van der Waals surface area contributed by atoms with E-state index in [-0.39, 0.29) is 5.41 Å². The molecule has 24 heavy (non-hydrogen) atoms. The maximum absolute atomic E-state index is 13.3. The third-order valence-electron chi connectivity index (χ3n) is 6.19. The Morgan fingerprint density at radius 2 is 1.79 bits per heavy atom. The summed E-state index contributed by atoms with van der Waals surface area (Å²) in [5, 5.41) is 3.70. The van der Waals surface area contributed by atoms with E-state index in [0.29, 0.717) is 11.9 Å². The SMILES string of the molecule is O=C(N1CCC(NCC2CC2)CC1)C1(c2ccc(Br)cc2)CCC1. The summed E-state index contributed by atoms with van der Waals surface area (Å²) in [6, 6.07) is 9.00. The first-order valence-electron chi connectivity index (χ1n) is 9.46. The number of rotatable bonds is 5. The van der Waals surface area contributed by atoms with Crippen molar-refractivity contribution in [1.29, 1.82) is 0 Å². The number of likely N-dealkylation sites (tertiary alicyclic amines) is 1. The lowest BCUT2D eigenvalue weighted by Crippen LogP contribution is -2.54. The minimum absolute atomic E-state index is 0.241. The van der Waals surface area contributed by atoms with Crippen molar-refractivity contribution in [2.75, 3.05) is 19.6 Å². The van der Waals surface area contributed by atoms with Gasteiger partial charge in [0.25, 0.3) is 0 Å². The Balaban J connectivity index is 1.38. The molecule has 130 valence electrons. The maximum Gasteiger partial charge on any atom is 0.233 e. The van der Waals surface area contributed by atoms with Gasteiger partial charge in [0.1, 0.15) is 0 Å². The minimum atomic E-state index is -0.241. The standard InChI is InChI=1S/C20H27BrN2O/c21-17-6-4-16(5-7-17)20(10-1-11-20)19(24)23-12-8-18(9-13-23)22-14-15-2-3-15/h4-7,15,18,22H,1-3,8-14H2. The van der Waals surface area contributed by atoms with Crippen LogP contribution in [-0.2, 0) is 10.2 Å². The van der Waals surface area contributed by atoms with Crippen LogP contribution in [0.3, 0.4) is 0 Å². The second-order valence-corrected chi connectivity index (χ2v) is 8.78. The van der Waals surface area contributed by atoms with Crippen molar-refractivity contribution in [2.24, 2.45) is 5.92 Å². The monoisotopic (exact) mass is 390 g/mol. The molecular formula is C20H27BrN2O. The van der Waals surface area contributed by atoms with Crippen molar-refractivity contribution in [3.63, 3.8) is 0 Å². The average molecular weight is 391 g/mol. The van der Waals surface area contributed by atoms with Gasteiger partial charge in [-0.15, -0.1) is 0 Å². The van der Waals surface area contributed by atoms with E-state index >= 15 is 0 Å². The number of nitrogens with one attached hydrogen (secondary N) is 1. The van der Waals surface area contributed by atoms with Crippen molar-refractivity contribution < 1.29 is 4.79 Å². The summed E-state index contributed by atoms with van der Waals surface area (Å²) in [5.74, 6) is 1.30. The summed E-state index contributed by atoms with van der Waals surface area (Å²) in [6.45, 7) is 3.01. The molecule has 0 bridgehead atoms. The van der Waals surface area contributed by atoms with E-state index in [9.17, 15) is 4.79 Å². The molecular weight excluding hydrogens is 364 g/mol. The summed E-state index contributed by atoms with van der Waals surface area (Å²) in [7, 11) is 0. The lowest BCUT2D eigenvalue weighted by atomic mass is 9.63. The predicted molar refractivity (Wildman–Crippen MR) is 100.0 cm³/mol. The average Bonchev–Trinajstić information content (AvgIpc) is 3.38. The highest BCUT2D eigenvalue weighted by molar-refractivity contribution is 9.10. The van der Waals surface area contributed by atoms with E-state index in [2.05, 4.69) is 50.4 Å². The maximum atomic E-state index is 13.3. The smallest absolute Gasteiger partial charge is 0.233 e. The Bertz CT molecular complexity index is 584. The summed E-state index contributed by atoms with van der Waals surface area (Å²) < 4.78 is 1.08. The molecule has 0 spiro atoms. The highest BCUT2D eigenvalue weighted by atomic mass is 79.9. The molecule has 0 aromatic heterocycles. The first-order valence-corrected chi connectivity index (χ1v) is 10.3. The van der Waals surface area contributed by atoms with Gasteiger partial charge in [-0.2, -0.15) is 0 Å². The summed E-state index contributed by atoms with van der Waals surface area (Å²) in [5.41, 5.74) is 0.963. The Hall–Kier alpha value is -0.870. The summed E-state index contributed by atoms with van der Waals surface area (Å²) in [4.78, 5) is 15.4. The second kappa shape index (κ2) is 6.80. The van der Waals surface area contributed by atoms with Crippen LogP contribution in [0.5, 0.6) is 0 Å². The largest absolute Gasteiger partial charge is 0.342 e. The van der Waals surface area contributed by atoms with E-state index in [4.69, 9.17) is 0 Å². The van der Waals surface area contributed by atoms with Gasteiger partial charge in [0, 0.05) is 23.6 Å². The van der Waals surface area contributed by atoms with Crippen molar-refractivity contribution in [3.8, 4) is 0 Å². The zero-order chi connectivity index (χ0) is 16.6. The van der Waals surface area contributed by atoms with E-state index in [1.54, 1.807) is 0 Å². The highest BCUT2D eigenvalue weighted by Gasteiger charge is 2.48. The van der Waals surface area contributed by atoms with Crippen LogP contribution in [0.4, 0.5) is 0 Å². The third kappa shape index (κ3) is 3.28. The molecule has 0 unspecified atom stereocenters. The van der Waals surface area contributed by atoms with Crippen LogP contribution in [0.2, 0.25) is 0 Å². The zero-order valence-electron chi connectivity index (χ0n) is 14.3. The van der Waals surface area contributed by atoms with Crippen molar-refractivity contribution in [2.45, 2.75) is 56.4 Å². The quantitative estimate of drug-likeness (QED) is 0.827. The van der Waals surface area contributed by atoms with Gasteiger partial charge in [-0.1, -0.05) is 34.5 Å². The molecule has 3 fully saturated rings. The molecule has 1 saturated heterocycles. The van der Waals surface area contributed by atoms with E-state index in [0.717, 1.165) is 49.2 Å². The van der Waals surface area contributed by atoms with Gasteiger partial charge in [0.2, 0.25) is 5.91 Å². The number of carbonyl (C=O) groups excluding carboxylic acids is 1. The minimum Gasteiger partial charge on any atom is -0.342 e. The Kier molecular flexibility index (Phi) is 4.70. The Morgan fingerprint density at radius 1 is 1.12 bits per heavy atom. The van der Waals surface area contributed by atoms with E-state index < -0.39 is 0 Å². The van der Waals surface area contributed by atoms with E-state index in [1.165, 1.54) is 31.4 Å². The first-order chi connectivity index (χ1) is 11.7. The summed E-state index contributed by atoms with van der Waals surface area (Å²) in [6.07, 6.45) is 8.20. The summed E-state index contributed by atoms with van der Waals surface area (Å²) >= 11 is 3.50. The molecule has 0 atom stereocenters. The molecule has 1 N–H and O–H groups in total. The fourth-order valence-corrected chi connectivity index (χ4v) is 4.43. The van der Waals surface area contributed by atoms with Crippen LogP contribution < -0.4 is 5.32 Å². The van der Waals surface area contributed by atoms with Gasteiger partial charge < -0.3 is 10.2 Å². The van der Waals surface area contributed by atoms with Crippen LogP contribution >= 0.6 is 15.9 Å². The van der Waals surface area contributed by atoms with Gasteiger partial charge in [-0.25, -0.2) is 0 Å². The van der Waals surface area contributed by atoms with Crippen LogP contribution in [0.25, 0.3) is 0 Å². The van der Waals surface area contributed by atoms with Crippen LogP contribution in [-0.4, -0.2) is 36.5 Å².